The summed E-state index contributed by atoms with van der Waals surface area (Å²) in [4.78, 5) is 29.8. The lowest BCUT2D eigenvalue weighted by molar-refractivity contribution is -0.137. The van der Waals surface area contributed by atoms with Crippen LogP contribution in [0, 0.1) is 0 Å². The van der Waals surface area contributed by atoms with E-state index in [4.69, 9.17) is 14.7 Å². The van der Waals surface area contributed by atoms with Crippen molar-refractivity contribution in [2.45, 2.75) is 44.8 Å². The minimum atomic E-state index is -4.52. The molecule has 2 aromatic heterocycles. The number of ether oxygens (including phenoxy) is 1. The number of aromatic nitrogens is 4. The van der Waals surface area contributed by atoms with Crippen molar-refractivity contribution in [2.24, 2.45) is 0 Å². The number of halogens is 3. The normalized spacial score (nSPS) is 18.2. The second-order valence-electron chi connectivity index (χ2n) is 11.3. The first kappa shape index (κ1) is 29.2. The van der Waals surface area contributed by atoms with E-state index in [2.05, 4.69) is 26.6 Å². The van der Waals surface area contributed by atoms with Gasteiger partial charge in [-0.1, -0.05) is 13.0 Å². The lowest BCUT2D eigenvalue weighted by Crippen LogP contribution is -2.49. The molecule has 3 aliphatic rings. The minimum absolute atomic E-state index is 0.102. The number of aromatic amines is 1. The number of likely N-dealkylation sites (tertiary alicyclic amines) is 1. The van der Waals surface area contributed by atoms with Crippen molar-refractivity contribution in [3.8, 4) is 6.01 Å². The van der Waals surface area contributed by atoms with E-state index in [0.29, 0.717) is 62.3 Å². The van der Waals surface area contributed by atoms with E-state index in [9.17, 15) is 18.0 Å². The van der Waals surface area contributed by atoms with Gasteiger partial charge in [0, 0.05) is 50.2 Å². The Morgan fingerprint density at radius 1 is 1.02 bits per heavy atom. The Hall–Kier alpha value is -3.87. The molecule has 43 heavy (non-hydrogen) atoms. The van der Waals surface area contributed by atoms with E-state index < -0.39 is 11.7 Å². The highest BCUT2D eigenvalue weighted by molar-refractivity contribution is 5.94. The maximum atomic E-state index is 14.2. The molecule has 10 nitrogen and oxygen atoms in total. The van der Waals surface area contributed by atoms with Gasteiger partial charge in [-0.15, -0.1) is 0 Å². The van der Waals surface area contributed by atoms with Crippen molar-refractivity contribution >= 4 is 28.3 Å². The molecule has 0 spiro atoms. The fourth-order valence-electron chi connectivity index (χ4n) is 6.38. The molecule has 3 aliphatic heterocycles. The third kappa shape index (κ3) is 6.27. The van der Waals surface area contributed by atoms with Crippen LogP contribution in [0.25, 0.3) is 10.9 Å². The molecule has 0 radical (unpaired) electrons. The van der Waals surface area contributed by atoms with Crippen molar-refractivity contribution in [1.82, 2.24) is 30.0 Å². The quantitative estimate of drug-likeness (QED) is 0.307. The molecule has 13 heteroatoms. The van der Waals surface area contributed by atoms with E-state index in [1.54, 1.807) is 9.80 Å². The fraction of sp³-hybridized carbons (Fsp3) is 0.533. The van der Waals surface area contributed by atoms with Gasteiger partial charge in [0.25, 0.3) is 0 Å². The highest BCUT2D eigenvalue weighted by Crippen LogP contribution is 2.42. The first-order valence-corrected chi connectivity index (χ1v) is 15.0. The van der Waals surface area contributed by atoms with Crippen molar-refractivity contribution in [3.63, 3.8) is 0 Å². The van der Waals surface area contributed by atoms with Crippen molar-refractivity contribution < 1.29 is 22.7 Å². The van der Waals surface area contributed by atoms with Crippen LogP contribution in [-0.4, -0.2) is 94.8 Å². The molecule has 0 atom stereocenters. The van der Waals surface area contributed by atoms with Gasteiger partial charge in [-0.25, -0.2) is 0 Å². The Morgan fingerprint density at radius 2 is 1.81 bits per heavy atom. The molecule has 1 N–H and O–H groups in total. The summed E-state index contributed by atoms with van der Waals surface area (Å²) in [6.07, 6.45) is 3.28. The highest BCUT2D eigenvalue weighted by atomic mass is 19.4. The first-order chi connectivity index (χ1) is 20.8. The van der Waals surface area contributed by atoms with Crippen LogP contribution in [0.1, 0.15) is 42.5 Å². The molecule has 6 rings (SSSR count). The number of alkyl halides is 3. The predicted octanol–water partition coefficient (Wildman–Crippen LogP) is 4.02. The zero-order chi connectivity index (χ0) is 30.0. The summed E-state index contributed by atoms with van der Waals surface area (Å²) in [5.41, 5.74) is 1.51. The maximum Gasteiger partial charge on any atom is 0.418 e. The number of piperazine rings is 1. The molecule has 5 heterocycles. The molecular formula is C30H37F3N8O2. The number of benzene rings is 1. The van der Waals surface area contributed by atoms with Crippen LogP contribution in [0.5, 0.6) is 6.01 Å². The molecular weight excluding hydrogens is 561 g/mol. The number of anilines is 2. The number of carbonyl (C=O) groups is 1. The van der Waals surface area contributed by atoms with Gasteiger partial charge in [0.1, 0.15) is 5.82 Å². The van der Waals surface area contributed by atoms with Crippen LogP contribution in [0.2, 0.25) is 0 Å². The van der Waals surface area contributed by atoms with Crippen molar-refractivity contribution in [1.29, 1.82) is 0 Å². The van der Waals surface area contributed by atoms with E-state index in [0.717, 1.165) is 43.5 Å². The third-order valence-corrected chi connectivity index (χ3v) is 8.60. The van der Waals surface area contributed by atoms with Gasteiger partial charge in [-0.05, 0) is 57.0 Å². The number of nitrogens with zero attached hydrogens (tertiary/aromatic N) is 7. The molecule has 2 fully saturated rings. The smallest absolute Gasteiger partial charge is 0.418 e. The Bertz CT molecular complexity index is 1460. The molecule has 0 bridgehead atoms. The van der Waals surface area contributed by atoms with Crippen molar-refractivity contribution in [3.05, 3.63) is 47.8 Å². The molecule has 230 valence electrons. The lowest BCUT2D eigenvalue weighted by Gasteiger charge is -2.38. The summed E-state index contributed by atoms with van der Waals surface area (Å²) in [6, 6.07) is 2.76. The second kappa shape index (κ2) is 12.4. The van der Waals surface area contributed by atoms with Gasteiger partial charge in [0.05, 0.1) is 41.8 Å². The molecule has 0 aliphatic carbocycles. The zero-order valence-corrected chi connectivity index (χ0v) is 24.2. The van der Waals surface area contributed by atoms with Crippen LogP contribution in [-0.2, 0) is 23.9 Å². The first-order valence-electron chi connectivity index (χ1n) is 15.0. The Balaban J connectivity index is 1.27. The molecule has 0 unspecified atom stereocenters. The monoisotopic (exact) mass is 598 g/mol. The third-order valence-electron chi connectivity index (χ3n) is 8.60. The number of H-pyrrole nitrogens is 1. The van der Waals surface area contributed by atoms with E-state index >= 15 is 0 Å². The van der Waals surface area contributed by atoms with Gasteiger partial charge < -0.3 is 24.3 Å². The summed E-state index contributed by atoms with van der Waals surface area (Å²) >= 11 is 0. The van der Waals surface area contributed by atoms with Gasteiger partial charge in [0.2, 0.25) is 5.91 Å². The summed E-state index contributed by atoms with van der Waals surface area (Å²) in [5.74, 6) is 0.630. The van der Waals surface area contributed by atoms with Crippen LogP contribution in [0.15, 0.2) is 31.0 Å². The Kier molecular flexibility index (Phi) is 8.42. The summed E-state index contributed by atoms with van der Waals surface area (Å²) in [6.45, 7) is 9.95. The number of rotatable bonds is 8. The minimum Gasteiger partial charge on any atom is -0.463 e. The van der Waals surface area contributed by atoms with Gasteiger partial charge >= 0.3 is 12.2 Å². The Labute approximate surface area is 248 Å². The Morgan fingerprint density at radius 3 is 2.56 bits per heavy atom. The number of amides is 1. The van der Waals surface area contributed by atoms with E-state index in [1.165, 1.54) is 37.6 Å². The second-order valence-corrected chi connectivity index (χ2v) is 11.3. The molecule has 1 aromatic carbocycles. The molecule has 2 saturated heterocycles. The summed E-state index contributed by atoms with van der Waals surface area (Å²) in [7, 11) is 0. The van der Waals surface area contributed by atoms with Gasteiger partial charge in [0.15, 0.2) is 0 Å². The van der Waals surface area contributed by atoms with Crippen LogP contribution < -0.4 is 14.5 Å². The van der Waals surface area contributed by atoms with E-state index in [-0.39, 0.29) is 24.1 Å². The topological polar surface area (TPSA) is 93.7 Å². The highest BCUT2D eigenvalue weighted by Gasteiger charge is 2.38. The largest absolute Gasteiger partial charge is 0.463 e. The van der Waals surface area contributed by atoms with Gasteiger partial charge in [-0.3, -0.25) is 9.89 Å². The predicted molar refractivity (Wildman–Crippen MR) is 157 cm³/mol. The van der Waals surface area contributed by atoms with Crippen LogP contribution in [0.4, 0.5) is 24.7 Å². The average molecular weight is 599 g/mol. The number of carbonyl (C=O) groups excluding carboxylic acids is 1. The summed E-state index contributed by atoms with van der Waals surface area (Å²) in [5, 5.41) is 7.22. The number of nitrogens with one attached hydrogen (secondary N) is 1. The van der Waals surface area contributed by atoms with Gasteiger partial charge in [-0.2, -0.15) is 28.2 Å². The maximum absolute atomic E-state index is 14.2. The number of fused-ring (bicyclic) bond motifs is 2. The summed E-state index contributed by atoms with van der Waals surface area (Å²) < 4.78 is 48.6. The molecule has 3 aromatic rings. The average Bonchev–Trinajstić information content (AvgIpc) is 3.51. The standard InChI is InChI=1S/C30H37F3N8O2/c1-2-26(42)39-14-16-40(17-15-39)28-21-9-13-41(27-22-19-34-37-24(22)8-7-23(27)30(31,32)33)20-25(21)35-29(36-28)43-18-6-12-38-10-4-3-5-11-38/h2,7-8,19H,1,3-6,9-18,20H2,(H,34,37). The molecule has 1 amide bonds. The van der Waals surface area contributed by atoms with Crippen LogP contribution >= 0.6 is 0 Å². The van der Waals surface area contributed by atoms with E-state index in [1.807, 2.05) is 0 Å². The molecule has 0 saturated carbocycles. The zero-order valence-electron chi connectivity index (χ0n) is 24.2. The number of piperidine rings is 1. The van der Waals surface area contributed by atoms with Crippen molar-refractivity contribution in [2.75, 3.05) is 68.8 Å². The fourth-order valence-corrected chi connectivity index (χ4v) is 6.38. The SMILES string of the molecule is C=CC(=O)N1CCN(c2nc(OCCCN3CCCCC3)nc3c2CCN(c2c(C(F)(F)F)ccc4[nH]ncc24)C3)CC1. The number of hydrogen-bond donors (Lipinski definition) is 1. The number of hydrogen-bond acceptors (Lipinski definition) is 8. The lowest BCUT2D eigenvalue weighted by atomic mass is 10.0. The van der Waals surface area contributed by atoms with Crippen LogP contribution in [0.3, 0.4) is 0 Å².